The summed E-state index contributed by atoms with van der Waals surface area (Å²) in [6, 6.07) is 14.0. The second-order valence-corrected chi connectivity index (χ2v) is 8.12. The van der Waals surface area contributed by atoms with Crippen molar-refractivity contribution in [1.82, 2.24) is 15.6 Å². The summed E-state index contributed by atoms with van der Waals surface area (Å²) in [6.07, 6.45) is 1.53. The van der Waals surface area contributed by atoms with E-state index in [2.05, 4.69) is 42.0 Å². The highest BCUT2D eigenvalue weighted by Crippen LogP contribution is 2.18. The van der Waals surface area contributed by atoms with Gasteiger partial charge in [0.1, 0.15) is 16.5 Å². The Bertz CT molecular complexity index is 1070. The van der Waals surface area contributed by atoms with Gasteiger partial charge in [-0.25, -0.2) is 5.43 Å². The van der Waals surface area contributed by atoms with Crippen molar-refractivity contribution in [2.75, 3.05) is 24.4 Å². The minimum atomic E-state index is -0.345. The van der Waals surface area contributed by atoms with E-state index >= 15 is 0 Å². The molecule has 2 amide bonds. The Balaban J connectivity index is 1.46. The molecule has 0 aliphatic carbocycles. The van der Waals surface area contributed by atoms with Gasteiger partial charge in [0, 0.05) is 10.9 Å². The van der Waals surface area contributed by atoms with E-state index in [0.29, 0.717) is 28.1 Å². The third-order valence-corrected chi connectivity index (χ3v) is 5.14. The van der Waals surface area contributed by atoms with Crippen LogP contribution in [0, 0.1) is 0 Å². The molecule has 1 aromatic heterocycles. The maximum absolute atomic E-state index is 12.3. The molecule has 3 aromatic rings. The van der Waals surface area contributed by atoms with Crippen molar-refractivity contribution in [1.29, 1.82) is 0 Å². The summed E-state index contributed by atoms with van der Waals surface area (Å²) in [7, 11) is 1.55. The van der Waals surface area contributed by atoms with E-state index in [9.17, 15) is 9.59 Å². The number of hydrazone groups is 1. The molecule has 0 radical (unpaired) electrons. The van der Waals surface area contributed by atoms with Crippen LogP contribution in [0.4, 0.5) is 5.13 Å². The molecule has 0 spiro atoms. The van der Waals surface area contributed by atoms with Gasteiger partial charge in [0.2, 0.25) is 11.0 Å². The van der Waals surface area contributed by atoms with Crippen LogP contribution in [0.15, 0.2) is 53.6 Å². The number of carbonyl (C=O) groups excluding carboxylic acids is 2. The van der Waals surface area contributed by atoms with Gasteiger partial charge in [-0.05, 0) is 54.1 Å². The number of aromatic nitrogens is 2. The van der Waals surface area contributed by atoms with Crippen molar-refractivity contribution in [3.8, 4) is 11.5 Å². The predicted octanol–water partition coefficient (Wildman–Crippen LogP) is 3.27. The Morgan fingerprint density at radius 2 is 1.81 bits per heavy atom. The first-order valence-electron chi connectivity index (χ1n) is 9.46. The number of anilines is 1. The number of carbonyl (C=O) groups is 2. The van der Waals surface area contributed by atoms with Gasteiger partial charge in [0.25, 0.3) is 5.91 Å². The van der Waals surface area contributed by atoms with E-state index in [1.165, 1.54) is 6.21 Å². The topological polar surface area (TPSA) is 115 Å². The van der Waals surface area contributed by atoms with Crippen LogP contribution in [-0.2, 0) is 11.2 Å². The van der Waals surface area contributed by atoms with Gasteiger partial charge in [0.15, 0.2) is 0 Å². The smallest absolute Gasteiger partial charge is 0.257 e. The highest BCUT2D eigenvalue weighted by atomic mass is 79.9. The van der Waals surface area contributed by atoms with E-state index < -0.39 is 0 Å². The monoisotopic (exact) mass is 517 g/mol. The lowest BCUT2D eigenvalue weighted by Crippen LogP contribution is -2.19. The molecule has 1 heterocycles. The summed E-state index contributed by atoms with van der Waals surface area (Å²) in [6.45, 7) is 0.585. The Morgan fingerprint density at radius 3 is 2.50 bits per heavy atom. The summed E-state index contributed by atoms with van der Waals surface area (Å²) >= 11 is 4.42. The van der Waals surface area contributed by atoms with Crippen LogP contribution in [0.2, 0.25) is 0 Å². The zero-order chi connectivity index (χ0) is 22.8. The summed E-state index contributed by atoms with van der Waals surface area (Å²) < 4.78 is 10.5. The number of nitrogens with one attached hydrogen (secondary N) is 2. The van der Waals surface area contributed by atoms with Gasteiger partial charge in [0.05, 0.1) is 26.4 Å². The molecular weight excluding hydrogens is 498 g/mol. The largest absolute Gasteiger partial charge is 0.497 e. The van der Waals surface area contributed by atoms with Crippen molar-refractivity contribution < 1.29 is 19.1 Å². The lowest BCUT2D eigenvalue weighted by molar-refractivity contribution is -0.120. The fraction of sp³-hybridized carbons (Fsp3) is 0.190. The summed E-state index contributed by atoms with van der Waals surface area (Å²) in [5, 5.41) is 16.0. The molecular formula is C21H20BrN5O4S. The van der Waals surface area contributed by atoms with Crippen LogP contribution >= 0.6 is 27.3 Å². The molecule has 0 saturated heterocycles. The second-order valence-electron chi connectivity index (χ2n) is 6.26. The van der Waals surface area contributed by atoms with Crippen molar-refractivity contribution >= 4 is 50.4 Å². The maximum Gasteiger partial charge on any atom is 0.257 e. The van der Waals surface area contributed by atoms with Gasteiger partial charge in [-0.15, -0.1) is 10.2 Å². The minimum absolute atomic E-state index is 0.00721. The molecule has 166 valence electrons. The quantitative estimate of drug-likeness (QED) is 0.242. The van der Waals surface area contributed by atoms with Crippen LogP contribution in [0.25, 0.3) is 0 Å². The molecule has 9 nitrogen and oxygen atoms in total. The van der Waals surface area contributed by atoms with Crippen LogP contribution in [-0.4, -0.2) is 47.3 Å². The van der Waals surface area contributed by atoms with Crippen LogP contribution in [0.5, 0.6) is 11.5 Å². The molecule has 0 fully saturated rings. The number of hydrogen-bond donors (Lipinski definition) is 2. The average Bonchev–Trinajstić information content (AvgIpc) is 3.25. The van der Waals surface area contributed by atoms with E-state index in [1.807, 2.05) is 24.3 Å². The number of methoxy groups -OCH3 is 1. The van der Waals surface area contributed by atoms with Gasteiger partial charge in [-0.3, -0.25) is 14.9 Å². The number of nitrogens with zero attached hydrogens (tertiary/aromatic N) is 3. The number of benzene rings is 2. The zero-order valence-electron chi connectivity index (χ0n) is 17.1. The Labute approximate surface area is 197 Å². The number of hydrogen-bond acceptors (Lipinski definition) is 8. The molecule has 32 heavy (non-hydrogen) atoms. The Hall–Kier alpha value is -3.31. The van der Waals surface area contributed by atoms with Gasteiger partial charge < -0.3 is 9.47 Å². The Morgan fingerprint density at radius 1 is 1.09 bits per heavy atom. The lowest BCUT2D eigenvalue weighted by atomic mass is 10.2. The maximum atomic E-state index is 12.3. The fourth-order valence-electron chi connectivity index (χ4n) is 2.45. The minimum Gasteiger partial charge on any atom is -0.497 e. The first-order valence-corrected chi connectivity index (χ1v) is 11.4. The molecule has 0 aliphatic rings. The van der Waals surface area contributed by atoms with E-state index in [1.54, 1.807) is 31.4 Å². The lowest BCUT2D eigenvalue weighted by Gasteiger charge is -2.03. The van der Waals surface area contributed by atoms with Gasteiger partial charge in [-0.2, -0.15) is 5.10 Å². The summed E-state index contributed by atoms with van der Waals surface area (Å²) in [5.74, 6) is 0.747. The van der Waals surface area contributed by atoms with E-state index in [-0.39, 0.29) is 18.2 Å². The van der Waals surface area contributed by atoms with E-state index in [0.717, 1.165) is 28.0 Å². The van der Waals surface area contributed by atoms with Crippen molar-refractivity contribution in [3.05, 3.63) is 64.7 Å². The molecule has 0 bridgehead atoms. The molecule has 0 aliphatic heterocycles. The molecule has 0 saturated carbocycles. The highest BCUT2D eigenvalue weighted by Gasteiger charge is 2.12. The molecule has 0 atom stereocenters. The number of halogens is 1. The van der Waals surface area contributed by atoms with Crippen molar-refractivity contribution in [2.24, 2.45) is 5.10 Å². The fourth-order valence-corrected chi connectivity index (χ4v) is 3.34. The van der Waals surface area contributed by atoms with Crippen molar-refractivity contribution in [3.63, 3.8) is 0 Å². The Kier molecular flexibility index (Phi) is 8.70. The number of rotatable bonds is 10. The average molecular weight is 518 g/mol. The molecule has 2 aromatic carbocycles. The number of alkyl halides is 1. The summed E-state index contributed by atoms with van der Waals surface area (Å²) in [5.41, 5.74) is 3.72. The van der Waals surface area contributed by atoms with E-state index in [4.69, 9.17) is 9.47 Å². The SMILES string of the molecule is COc1ccc(C(=O)Nc2nnc(CC(=O)N/N=C\c3ccc(OCCBr)cc3)s2)cc1. The second kappa shape index (κ2) is 11.9. The summed E-state index contributed by atoms with van der Waals surface area (Å²) in [4.78, 5) is 24.4. The number of amides is 2. The highest BCUT2D eigenvalue weighted by molar-refractivity contribution is 9.09. The normalized spacial score (nSPS) is 10.7. The molecule has 11 heteroatoms. The third kappa shape index (κ3) is 7.13. The van der Waals surface area contributed by atoms with Gasteiger partial charge in [-0.1, -0.05) is 27.3 Å². The number of ether oxygens (including phenoxy) is 2. The third-order valence-electron chi connectivity index (χ3n) is 3.98. The first kappa shape index (κ1) is 23.4. The molecule has 2 N–H and O–H groups in total. The van der Waals surface area contributed by atoms with Gasteiger partial charge >= 0.3 is 0 Å². The van der Waals surface area contributed by atoms with Crippen LogP contribution in [0.3, 0.4) is 0 Å². The molecule has 3 rings (SSSR count). The van der Waals surface area contributed by atoms with Crippen LogP contribution < -0.4 is 20.2 Å². The zero-order valence-corrected chi connectivity index (χ0v) is 19.5. The predicted molar refractivity (Wildman–Crippen MR) is 126 cm³/mol. The van der Waals surface area contributed by atoms with Crippen LogP contribution in [0.1, 0.15) is 20.9 Å². The standard InChI is InChI=1S/C21H20BrN5O4S/c1-30-16-8-4-15(5-9-16)20(29)24-21-27-26-19(32-21)12-18(28)25-23-13-14-2-6-17(7-3-14)31-11-10-22/h2-9,13H,10-12H2,1H3,(H,25,28)(H,24,27,29)/b23-13-. The van der Waals surface area contributed by atoms with Crippen molar-refractivity contribution in [2.45, 2.75) is 6.42 Å². The molecule has 0 unspecified atom stereocenters. The first-order chi connectivity index (χ1) is 15.6.